The van der Waals surface area contributed by atoms with Crippen molar-refractivity contribution in [2.24, 2.45) is 0 Å². The molecule has 170 valence electrons. The first-order valence-electron chi connectivity index (χ1n) is 12.2. The Hall–Kier alpha value is -3.86. The number of nitrogens with zero attached hydrogens (tertiary/aromatic N) is 2. The van der Waals surface area contributed by atoms with Crippen molar-refractivity contribution in [1.29, 1.82) is 0 Å². The molecule has 2 heterocycles. The maximum absolute atomic E-state index is 2.48. The van der Waals surface area contributed by atoms with Gasteiger partial charge in [0.25, 0.3) is 22.1 Å². The SMILES string of the molecule is c1ccc(C[n+]2c3ccccc3[s+]c3ccccc32)c(C[n+]2c3ccccc3[s+]c3ccccc32)c1. The Morgan fingerprint density at radius 2 is 0.639 bits per heavy atom. The number of fused-ring (bicyclic) bond motifs is 4. The van der Waals surface area contributed by atoms with Crippen molar-refractivity contribution in [2.45, 2.75) is 13.1 Å². The first kappa shape index (κ1) is 21.4. The minimum atomic E-state index is 0.830. The average molecular weight is 501 g/mol. The van der Waals surface area contributed by atoms with E-state index in [1.807, 2.05) is 22.7 Å². The molecule has 0 bridgehead atoms. The normalized spacial score (nSPS) is 11.6. The van der Waals surface area contributed by atoms with Gasteiger partial charge in [0.1, 0.15) is 0 Å². The summed E-state index contributed by atoms with van der Waals surface area (Å²) in [6.07, 6.45) is 0. The van der Waals surface area contributed by atoms with E-state index in [-0.39, 0.29) is 0 Å². The summed E-state index contributed by atoms with van der Waals surface area (Å²) >= 11 is 3.72. The zero-order valence-electron chi connectivity index (χ0n) is 19.7. The van der Waals surface area contributed by atoms with E-state index in [1.54, 1.807) is 0 Å². The Bertz CT molecular complexity index is 1660. The van der Waals surface area contributed by atoms with Crippen LogP contribution in [0.3, 0.4) is 0 Å². The highest BCUT2D eigenvalue weighted by molar-refractivity contribution is 7.24. The summed E-state index contributed by atoms with van der Waals surface area (Å²) in [5.74, 6) is 0. The van der Waals surface area contributed by atoms with Crippen LogP contribution < -0.4 is 9.13 Å². The lowest BCUT2D eigenvalue weighted by molar-refractivity contribution is -0.641. The molecule has 0 N–H and O–H groups in total. The van der Waals surface area contributed by atoms with Gasteiger partial charge >= 0.3 is 18.8 Å². The topological polar surface area (TPSA) is 7.76 Å². The fourth-order valence-corrected chi connectivity index (χ4v) is 7.30. The Kier molecular flexibility index (Phi) is 5.34. The second-order valence-electron chi connectivity index (χ2n) is 9.02. The van der Waals surface area contributed by atoms with Crippen LogP contribution in [-0.2, 0) is 13.1 Å². The predicted octanol–water partition coefficient (Wildman–Crippen LogP) is 7.66. The minimum absolute atomic E-state index is 0.830. The Balaban J connectivity index is 1.41. The molecule has 0 spiro atoms. The van der Waals surface area contributed by atoms with Crippen molar-refractivity contribution >= 4 is 63.5 Å². The summed E-state index contributed by atoms with van der Waals surface area (Å²) in [6, 6.07) is 43.9. The molecule has 0 amide bonds. The van der Waals surface area contributed by atoms with E-state index in [1.165, 1.54) is 52.0 Å². The molecule has 36 heavy (non-hydrogen) atoms. The van der Waals surface area contributed by atoms with E-state index in [9.17, 15) is 0 Å². The summed E-state index contributed by atoms with van der Waals surface area (Å²) in [6.45, 7) is 1.66. The van der Waals surface area contributed by atoms with Gasteiger partial charge in [0.15, 0.2) is 13.1 Å². The monoisotopic (exact) mass is 500 g/mol. The van der Waals surface area contributed by atoms with Crippen LogP contribution in [0.4, 0.5) is 0 Å². The van der Waals surface area contributed by atoms with Gasteiger partial charge in [-0.25, -0.2) is 0 Å². The summed E-state index contributed by atoms with van der Waals surface area (Å²) in [5, 5.41) is 0. The molecule has 7 rings (SSSR count). The number of hydrogen-bond donors (Lipinski definition) is 0. The molecule has 0 atom stereocenters. The van der Waals surface area contributed by atoms with Gasteiger partial charge in [0.2, 0.25) is 22.7 Å². The van der Waals surface area contributed by atoms with E-state index in [4.69, 9.17) is 0 Å². The van der Waals surface area contributed by atoms with Crippen LogP contribution in [0.25, 0.3) is 40.9 Å². The van der Waals surface area contributed by atoms with Gasteiger partial charge in [0, 0.05) is 59.7 Å². The summed E-state index contributed by atoms with van der Waals surface area (Å²) in [5.41, 5.74) is 7.81. The van der Waals surface area contributed by atoms with E-state index < -0.39 is 0 Å². The molecule has 5 aromatic carbocycles. The van der Waals surface area contributed by atoms with Gasteiger partial charge < -0.3 is 0 Å². The molecular formula is C32H24N2S2+4. The number of hydrogen-bond acceptors (Lipinski definition) is 0. The summed E-state index contributed by atoms with van der Waals surface area (Å²) < 4.78 is 10.2. The minimum Gasteiger partial charge on any atom is -0.178 e. The van der Waals surface area contributed by atoms with Crippen LogP contribution in [0, 0.1) is 0 Å². The molecule has 0 aliphatic heterocycles. The molecule has 0 aliphatic carbocycles. The molecule has 0 saturated carbocycles. The Labute approximate surface area is 217 Å². The predicted molar refractivity (Wildman–Crippen MR) is 153 cm³/mol. The molecule has 0 saturated heterocycles. The third-order valence-electron chi connectivity index (χ3n) is 6.84. The third kappa shape index (κ3) is 3.70. The van der Waals surface area contributed by atoms with Crippen LogP contribution in [-0.4, -0.2) is 0 Å². The average Bonchev–Trinajstić information content (AvgIpc) is 2.93. The highest BCUT2D eigenvalue weighted by atomic mass is 32.1. The molecule has 0 aliphatic rings. The summed E-state index contributed by atoms with van der Waals surface area (Å²) in [7, 11) is 0. The van der Waals surface area contributed by atoms with Crippen molar-refractivity contribution in [2.75, 3.05) is 0 Å². The first-order chi connectivity index (χ1) is 17.8. The van der Waals surface area contributed by atoms with Crippen molar-refractivity contribution in [3.05, 3.63) is 132 Å². The number of rotatable bonds is 4. The molecule has 2 aromatic heterocycles. The first-order valence-corrected chi connectivity index (χ1v) is 13.8. The van der Waals surface area contributed by atoms with Gasteiger partial charge in [-0.2, -0.15) is 9.13 Å². The van der Waals surface area contributed by atoms with Gasteiger partial charge in [0.05, 0.1) is 0 Å². The van der Waals surface area contributed by atoms with Gasteiger partial charge in [-0.3, -0.25) is 0 Å². The van der Waals surface area contributed by atoms with E-state index in [2.05, 4.69) is 130 Å². The number of benzene rings is 5. The van der Waals surface area contributed by atoms with Crippen LogP contribution in [0.2, 0.25) is 0 Å². The highest BCUT2D eigenvalue weighted by Gasteiger charge is 2.27. The van der Waals surface area contributed by atoms with Crippen molar-refractivity contribution in [3.8, 4) is 0 Å². The molecule has 0 fully saturated rings. The fourth-order valence-electron chi connectivity index (χ4n) is 5.11. The number of aromatic nitrogens is 2. The lowest BCUT2D eigenvalue weighted by Crippen LogP contribution is -2.39. The smallest absolute Gasteiger partial charge is 0.178 e. The molecule has 0 unspecified atom stereocenters. The third-order valence-corrected chi connectivity index (χ3v) is 9.10. The van der Waals surface area contributed by atoms with Crippen LogP contribution in [0.5, 0.6) is 0 Å². The van der Waals surface area contributed by atoms with Gasteiger partial charge in [-0.1, -0.05) is 72.8 Å². The molecular weight excluding hydrogens is 477 g/mol. The van der Waals surface area contributed by atoms with Crippen LogP contribution in [0.15, 0.2) is 121 Å². The lowest BCUT2D eigenvalue weighted by Gasteiger charge is -2.07. The standard InChI is InChI=1S/C32H24N2S2/c1-2-12-24(22-34-27-15-5-9-19-31(27)36-32-20-10-6-16-28(32)34)23(11-1)21-33-25-13-3-7-17-29(25)35-30-18-8-4-14-26(30)33/h1-20H,21-22H2/q+4. The van der Waals surface area contributed by atoms with Crippen molar-refractivity contribution in [3.63, 3.8) is 0 Å². The Morgan fingerprint density at radius 3 is 0.972 bits per heavy atom. The second-order valence-corrected chi connectivity index (χ2v) is 11.2. The van der Waals surface area contributed by atoms with E-state index >= 15 is 0 Å². The van der Waals surface area contributed by atoms with E-state index in [0.29, 0.717) is 0 Å². The molecule has 7 aromatic rings. The maximum Gasteiger partial charge on any atom is 0.302 e. The molecule has 0 radical (unpaired) electrons. The van der Waals surface area contributed by atoms with Crippen LogP contribution >= 0.6 is 22.7 Å². The van der Waals surface area contributed by atoms with Gasteiger partial charge in [-0.15, -0.1) is 0 Å². The van der Waals surface area contributed by atoms with Crippen LogP contribution in [0.1, 0.15) is 11.1 Å². The second kappa shape index (κ2) is 8.98. The quantitative estimate of drug-likeness (QED) is 0.133. The lowest BCUT2D eigenvalue weighted by atomic mass is 10.1. The summed E-state index contributed by atoms with van der Waals surface area (Å²) in [4.78, 5) is 0. The largest absolute Gasteiger partial charge is 0.302 e. The van der Waals surface area contributed by atoms with Crippen molar-refractivity contribution in [1.82, 2.24) is 0 Å². The van der Waals surface area contributed by atoms with Crippen molar-refractivity contribution < 1.29 is 9.13 Å². The van der Waals surface area contributed by atoms with E-state index in [0.717, 1.165) is 13.1 Å². The molecule has 2 nitrogen and oxygen atoms in total. The maximum atomic E-state index is 2.48. The zero-order chi connectivity index (χ0) is 23.9. The fraction of sp³-hybridized carbons (Fsp3) is 0.0625. The Morgan fingerprint density at radius 1 is 0.361 bits per heavy atom. The zero-order valence-corrected chi connectivity index (χ0v) is 21.3. The highest BCUT2D eigenvalue weighted by Crippen LogP contribution is 2.26. The number of para-hydroxylation sites is 4. The van der Waals surface area contributed by atoms with Gasteiger partial charge in [-0.05, 0) is 0 Å². The molecule has 4 heteroatoms.